The second kappa shape index (κ2) is 1.81. The first-order valence-corrected chi connectivity index (χ1v) is 3.25. The number of ether oxygens (including phenoxy) is 1. The molecule has 2 heteroatoms. The number of hydrogen-bond acceptors (Lipinski definition) is 2. The Morgan fingerprint density at radius 3 is 2.22 bits per heavy atom. The number of nitrogens with zero attached hydrogens (tertiary/aromatic N) is 1. The summed E-state index contributed by atoms with van der Waals surface area (Å²) in [5.74, 6) is 0. The van der Waals surface area contributed by atoms with Crippen LogP contribution >= 0.6 is 0 Å². The Hall–Kier alpha value is -0.370. The molecule has 1 aliphatic rings. The summed E-state index contributed by atoms with van der Waals surface area (Å²) in [6.45, 7) is 7.97. The molecule has 0 aromatic rings. The molecule has 0 fully saturated rings. The molecule has 2 nitrogen and oxygen atoms in total. The van der Waals surface area contributed by atoms with Gasteiger partial charge in [0.2, 0.25) is 0 Å². The average molecular weight is 127 g/mol. The molecule has 9 heavy (non-hydrogen) atoms. The average Bonchev–Trinajstić information content (AvgIpc) is 1.79. The molecule has 52 valence electrons. The van der Waals surface area contributed by atoms with E-state index in [4.69, 9.17) is 4.74 Å². The van der Waals surface area contributed by atoms with E-state index in [-0.39, 0.29) is 11.8 Å². The number of aliphatic imine (C=N–C) groups is 1. The molecule has 0 spiro atoms. The van der Waals surface area contributed by atoms with Crippen LogP contribution in [0.15, 0.2) is 4.99 Å². The van der Waals surface area contributed by atoms with Crippen molar-refractivity contribution in [1.82, 2.24) is 0 Å². The summed E-state index contributed by atoms with van der Waals surface area (Å²) < 4.78 is 5.46. The fourth-order valence-electron chi connectivity index (χ4n) is 1.06. The molecule has 0 saturated heterocycles. The van der Waals surface area contributed by atoms with Crippen LogP contribution in [0, 0.1) is 0 Å². The van der Waals surface area contributed by atoms with Gasteiger partial charge >= 0.3 is 0 Å². The normalized spacial score (nSPS) is 32.4. The van der Waals surface area contributed by atoms with Gasteiger partial charge in [0, 0.05) is 5.71 Å². The molecule has 0 aromatic heterocycles. The smallest absolute Gasteiger partial charge is 0.154 e. The Balaban J connectivity index is 2.74. The quantitative estimate of drug-likeness (QED) is 0.484. The standard InChI is InChI=1S/C7H13NO/c1-5-6(2)9-7(3,4)8-5/h6H,1-4H3. The Morgan fingerprint density at radius 2 is 2.11 bits per heavy atom. The Morgan fingerprint density at radius 1 is 1.56 bits per heavy atom. The highest BCUT2D eigenvalue weighted by Gasteiger charge is 2.28. The van der Waals surface area contributed by atoms with E-state index in [1.807, 2.05) is 27.7 Å². The fourth-order valence-corrected chi connectivity index (χ4v) is 1.06. The van der Waals surface area contributed by atoms with Crippen molar-refractivity contribution in [3.63, 3.8) is 0 Å². The zero-order valence-electron chi connectivity index (χ0n) is 6.43. The summed E-state index contributed by atoms with van der Waals surface area (Å²) >= 11 is 0. The largest absolute Gasteiger partial charge is 0.346 e. The highest BCUT2D eigenvalue weighted by molar-refractivity contribution is 5.87. The second-order valence-corrected chi connectivity index (χ2v) is 2.96. The molecular formula is C7H13NO. The van der Waals surface area contributed by atoms with Crippen LogP contribution in [-0.2, 0) is 4.74 Å². The molecule has 0 aliphatic carbocycles. The van der Waals surface area contributed by atoms with E-state index in [9.17, 15) is 0 Å². The third kappa shape index (κ3) is 1.30. The van der Waals surface area contributed by atoms with Crippen LogP contribution in [0.3, 0.4) is 0 Å². The van der Waals surface area contributed by atoms with Crippen molar-refractivity contribution in [2.24, 2.45) is 4.99 Å². The molecule has 1 rings (SSSR count). The zero-order valence-corrected chi connectivity index (χ0v) is 6.43. The summed E-state index contributed by atoms with van der Waals surface area (Å²) in [7, 11) is 0. The Bertz CT molecular complexity index is 149. The van der Waals surface area contributed by atoms with Crippen LogP contribution in [0.2, 0.25) is 0 Å². The predicted octanol–water partition coefficient (Wildman–Crippen LogP) is 1.60. The van der Waals surface area contributed by atoms with Crippen molar-refractivity contribution in [3.8, 4) is 0 Å². The lowest BCUT2D eigenvalue weighted by Gasteiger charge is -2.14. The minimum atomic E-state index is -0.274. The topological polar surface area (TPSA) is 21.6 Å². The number of hydrogen-bond donors (Lipinski definition) is 0. The van der Waals surface area contributed by atoms with Gasteiger partial charge in [-0.1, -0.05) is 0 Å². The van der Waals surface area contributed by atoms with Gasteiger partial charge in [0.1, 0.15) is 0 Å². The van der Waals surface area contributed by atoms with Gasteiger partial charge in [0.25, 0.3) is 0 Å². The molecule has 1 heterocycles. The maximum Gasteiger partial charge on any atom is 0.154 e. The van der Waals surface area contributed by atoms with Gasteiger partial charge in [-0.3, -0.25) is 4.99 Å². The van der Waals surface area contributed by atoms with Gasteiger partial charge in [0.15, 0.2) is 5.72 Å². The lowest BCUT2D eigenvalue weighted by molar-refractivity contribution is -0.00749. The van der Waals surface area contributed by atoms with E-state index in [0.717, 1.165) is 5.71 Å². The van der Waals surface area contributed by atoms with Gasteiger partial charge in [-0.2, -0.15) is 0 Å². The minimum absolute atomic E-state index is 0.208. The molecule has 1 unspecified atom stereocenters. The SMILES string of the molecule is CC1=NC(C)(C)OC1C. The van der Waals surface area contributed by atoms with Crippen molar-refractivity contribution < 1.29 is 4.74 Å². The first-order valence-electron chi connectivity index (χ1n) is 3.25. The molecule has 1 atom stereocenters. The lowest BCUT2D eigenvalue weighted by Crippen LogP contribution is -2.20. The molecule has 0 bridgehead atoms. The van der Waals surface area contributed by atoms with Crippen LogP contribution in [0.5, 0.6) is 0 Å². The van der Waals surface area contributed by atoms with E-state index in [1.165, 1.54) is 0 Å². The van der Waals surface area contributed by atoms with E-state index >= 15 is 0 Å². The van der Waals surface area contributed by atoms with Gasteiger partial charge in [-0.25, -0.2) is 0 Å². The van der Waals surface area contributed by atoms with Crippen molar-refractivity contribution in [3.05, 3.63) is 0 Å². The monoisotopic (exact) mass is 127 g/mol. The van der Waals surface area contributed by atoms with Gasteiger partial charge < -0.3 is 4.74 Å². The Kier molecular flexibility index (Phi) is 1.35. The van der Waals surface area contributed by atoms with E-state index < -0.39 is 0 Å². The van der Waals surface area contributed by atoms with Gasteiger partial charge in [-0.05, 0) is 27.7 Å². The van der Waals surface area contributed by atoms with Crippen LogP contribution in [-0.4, -0.2) is 17.5 Å². The maximum atomic E-state index is 5.46. The van der Waals surface area contributed by atoms with E-state index in [2.05, 4.69) is 4.99 Å². The van der Waals surface area contributed by atoms with Crippen LogP contribution in [0.1, 0.15) is 27.7 Å². The van der Waals surface area contributed by atoms with Crippen LogP contribution in [0.4, 0.5) is 0 Å². The van der Waals surface area contributed by atoms with Gasteiger partial charge in [0.05, 0.1) is 6.10 Å². The van der Waals surface area contributed by atoms with Crippen molar-refractivity contribution >= 4 is 5.71 Å². The first kappa shape index (κ1) is 6.75. The van der Waals surface area contributed by atoms with Crippen molar-refractivity contribution in [1.29, 1.82) is 0 Å². The van der Waals surface area contributed by atoms with Gasteiger partial charge in [-0.15, -0.1) is 0 Å². The molecule has 0 radical (unpaired) electrons. The molecule has 0 aromatic carbocycles. The summed E-state index contributed by atoms with van der Waals surface area (Å²) in [5.41, 5.74) is 0.823. The van der Waals surface area contributed by atoms with Crippen molar-refractivity contribution in [2.75, 3.05) is 0 Å². The molecule has 0 amide bonds. The van der Waals surface area contributed by atoms with Crippen LogP contribution < -0.4 is 0 Å². The summed E-state index contributed by atoms with van der Waals surface area (Å²) in [6.07, 6.45) is 0.208. The van der Waals surface area contributed by atoms with Crippen molar-refractivity contribution in [2.45, 2.75) is 39.5 Å². The minimum Gasteiger partial charge on any atom is -0.346 e. The lowest BCUT2D eigenvalue weighted by atomic mass is 10.3. The molecule has 1 aliphatic heterocycles. The number of rotatable bonds is 0. The molecular weight excluding hydrogens is 114 g/mol. The highest BCUT2D eigenvalue weighted by atomic mass is 16.5. The maximum absolute atomic E-state index is 5.46. The first-order chi connectivity index (χ1) is 4.01. The summed E-state index contributed by atoms with van der Waals surface area (Å²) in [6, 6.07) is 0. The molecule has 0 saturated carbocycles. The third-order valence-electron chi connectivity index (χ3n) is 1.50. The highest BCUT2D eigenvalue weighted by Crippen LogP contribution is 2.21. The summed E-state index contributed by atoms with van der Waals surface area (Å²) in [4.78, 5) is 4.30. The third-order valence-corrected chi connectivity index (χ3v) is 1.50. The zero-order chi connectivity index (χ0) is 7.07. The van der Waals surface area contributed by atoms with E-state index in [1.54, 1.807) is 0 Å². The summed E-state index contributed by atoms with van der Waals surface area (Å²) in [5, 5.41) is 0. The second-order valence-electron chi connectivity index (χ2n) is 2.96. The molecule has 0 N–H and O–H groups in total. The van der Waals surface area contributed by atoms with Crippen LogP contribution in [0.25, 0.3) is 0 Å². The van der Waals surface area contributed by atoms with E-state index in [0.29, 0.717) is 0 Å². The predicted molar refractivity (Wildman–Crippen MR) is 37.7 cm³/mol. The fraction of sp³-hybridized carbons (Fsp3) is 0.857. The Labute approximate surface area is 55.9 Å².